The molecule has 0 aliphatic heterocycles. The van der Waals surface area contributed by atoms with Crippen LogP contribution in [0.2, 0.25) is 5.02 Å². The van der Waals surface area contributed by atoms with Gasteiger partial charge in [-0.15, -0.1) is 11.8 Å². The van der Waals surface area contributed by atoms with Gasteiger partial charge in [-0.25, -0.2) is 0 Å². The van der Waals surface area contributed by atoms with Crippen molar-refractivity contribution in [1.29, 1.82) is 0 Å². The van der Waals surface area contributed by atoms with E-state index in [4.69, 9.17) is 11.6 Å². The molecule has 29 heavy (non-hydrogen) atoms. The van der Waals surface area contributed by atoms with E-state index in [1.807, 2.05) is 32.0 Å². The topological polar surface area (TPSA) is 58.2 Å². The molecule has 2 rings (SSSR count). The summed E-state index contributed by atoms with van der Waals surface area (Å²) in [5, 5.41) is 4.15. The lowest BCUT2D eigenvalue weighted by atomic mass is 10.1. The van der Waals surface area contributed by atoms with Gasteiger partial charge in [-0.2, -0.15) is 13.2 Å². The minimum Gasteiger partial charge on any atom is -0.346 e. The summed E-state index contributed by atoms with van der Waals surface area (Å²) in [5.41, 5.74) is 1.54. The van der Waals surface area contributed by atoms with Crippen LogP contribution in [-0.2, 0) is 15.8 Å². The van der Waals surface area contributed by atoms with Crippen molar-refractivity contribution in [3.05, 3.63) is 58.1 Å². The molecule has 0 spiro atoms. The smallest absolute Gasteiger partial charge is 0.346 e. The van der Waals surface area contributed by atoms with Crippen LogP contribution in [0.15, 0.2) is 41.3 Å². The molecule has 0 fully saturated rings. The first-order valence-electron chi connectivity index (χ1n) is 8.66. The Kier molecular flexibility index (Phi) is 7.60. The maximum atomic E-state index is 13.0. The van der Waals surface area contributed by atoms with Gasteiger partial charge < -0.3 is 10.6 Å². The third-order valence-electron chi connectivity index (χ3n) is 4.09. The van der Waals surface area contributed by atoms with E-state index in [1.165, 1.54) is 6.07 Å². The van der Waals surface area contributed by atoms with Gasteiger partial charge >= 0.3 is 6.18 Å². The van der Waals surface area contributed by atoms with E-state index in [1.54, 1.807) is 6.92 Å². The first-order valence-corrected chi connectivity index (χ1v) is 9.92. The molecule has 0 radical (unpaired) electrons. The van der Waals surface area contributed by atoms with Crippen LogP contribution in [0.3, 0.4) is 0 Å². The van der Waals surface area contributed by atoms with Crippen LogP contribution in [0, 0.1) is 13.8 Å². The van der Waals surface area contributed by atoms with Gasteiger partial charge in [0.05, 0.1) is 22.4 Å². The predicted molar refractivity (Wildman–Crippen MR) is 109 cm³/mol. The zero-order valence-corrected chi connectivity index (χ0v) is 17.6. The van der Waals surface area contributed by atoms with Gasteiger partial charge in [-0.05, 0) is 50.1 Å². The number of para-hydroxylation sites is 1. The van der Waals surface area contributed by atoms with Crippen molar-refractivity contribution in [3.63, 3.8) is 0 Å². The summed E-state index contributed by atoms with van der Waals surface area (Å²) in [6, 6.07) is 9.07. The van der Waals surface area contributed by atoms with E-state index in [2.05, 4.69) is 10.6 Å². The van der Waals surface area contributed by atoms with Crippen LogP contribution in [-0.4, -0.2) is 23.6 Å². The van der Waals surface area contributed by atoms with Crippen molar-refractivity contribution in [2.45, 2.75) is 37.1 Å². The summed E-state index contributed by atoms with van der Waals surface area (Å²) in [6.07, 6.45) is -4.58. The maximum Gasteiger partial charge on any atom is 0.417 e. The van der Waals surface area contributed by atoms with Gasteiger partial charge in [0.2, 0.25) is 11.8 Å². The number of halogens is 4. The SMILES string of the molecule is Cc1cccc(C)c1NC(=O)CNC(=O)C(C)Sc1ccc(Cl)c(C(F)(F)F)c1. The van der Waals surface area contributed by atoms with Gasteiger partial charge in [0.1, 0.15) is 0 Å². The Morgan fingerprint density at radius 1 is 1.14 bits per heavy atom. The van der Waals surface area contributed by atoms with Gasteiger partial charge in [0.25, 0.3) is 0 Å². The molecule has 0 bridgehead atoms. The second-order valence-electron chi connectivity index (χ2n) is 6.43. The molecule has 0 aromatic heterocycles. The van der Waals surface area contributed by atoms with E-state index in [0.717, 1.165) is 35.0 Å². The average Bonchev–Trinajstić information content (AvgIpc) is 2.63. The first-order chi connectivity index (χ1) is 13.5. The number of nitrogens with one attached hydrogen (secondary N) is 2. The molecule has 2 amide bonds. The Balaban J connectivity index is 1.93. The van der Waals surface area contributed by atoms with E-state index in [0.29, 0.717) is 5.69 Å². The summed E-state index contributed by atoms with van der Waals surface area (Å²) < 4.78 is 38.9. The molecule has 156 valence electrons. The molecule has 9 heteroatoms. The number of rotatable bonds is 6. The lowest BCUT2D eigenvalue weighted by molar-refractivity contribution is -0.137. The molecule has 1 unspecified atom stereocenters. The molecule has 0 saturated carbocycles. The van der Waals surface area contributed by atoms with E-state index < -0.39 is 27.9 Å². The van der Waals surface area contributed by atoms with Gasteiger partial charge in [0, 0.05) is 10.6 Å². The molecule has 0 aliphatic rings. The monoisotopic (exact) mass is 444 g/mol. The molecule has 0 saturated heterocycles. The molecule has 0 heterocycles. The van der Waals surface area contributed by atoms with Crippen LogP contribution in [0.4, 0.5) is 18.9 Å². The highest BCUT2D eigenvalue weighted by atomic mass is 35.5. The van der Waals surface area contributed by atoms with Crippen molar-refractivity contribution >= 4 is 40.9 Å². The Bertz CT molecular complexity index is 899. The van der Waals surface area contributed by atoms with Crippen LogP contribution in [0.1, 0.15) is 23.6 Å². The molecule has 2 aromatic carbocycles. The lowest BCUT2D eigenvalue weighted by Gasteiger charge is -2.15. The van der Waals surface area contributed by atoms with Crippen LogP contribution in [0.25, 0.3) is 0 Å². The first kappa shape index (κ1) is 23.1. The third-order valence-corrected chi connectivity index (χ3v) is 5.52. The second kappa shape index (κ2) is 9.54. The average molecular weight is 445 g/mol. The van der Waals surface area contributed by atoms with Crippen molar-refractivity contribution < 1.29 is 22.8 Å². The van der Waals surface area contributed by atoms with Crippen molar-refractivity contribution in [2.75, 3.05) is 11.9 Å². The summed E-state index contributed by atoms with van der Waals surface area (Å²) in [7, 11) is 0. The minimum atomic E-state index is -4.58. The van der Waals surface area contributed by atoms with Gasteiger partial charge in [0.15, 0.2) is 0 Å². The minimum absolute atomic E-state index is 0.244. The Morgan fingerprint density at radius 2 is 1.76 bits per heavy atom. The highest BCUT2D eigenvalue weighted by Crippen LogP contribution is 2.37. The van der Waals surface area contributed by atoms with E-state index in [9.17, 15) is 22.8 Å². The number of alkyl halides is 3. The van der Waals surface area contributed by atoms with E-state index >= 15 is 0 Å². The number of amides is 2. The quantitative estimate of drug-likeness (QED) is 0.601. The number of anilines is 1. The number of carbonyl (C=O) groups is 2. The molecular formula is C20H20ClF3N2O2S. The molecule has 1 atom stereocenters. The lowest BCUT2D eigenvalue weighted by Crippen LogP contribution is -2.37. The number of aryl methyl sites for hydroxylation is 2. The fourth-order valence-electron chi connectivity index (χ4n) is 2.56. The van der Waals surface area contributed by atoms with Crippen LogP contribution in [0.5, 0.6) is 0 Å². The largest absolute Gasteiger partial charge is 0.417 e. The summed E-state index contributed by atoms with van der Waals surface area (Å²) in [4.78, 5) is 24.6. The Morgan fingerprint density at radius 3 is 2.34 bits per heavy atom. The number of thioether (sulfide) groups is 1. The summed E-state index contributed by atoms with van der Waals surface area (Å²) >= 11 is 6.55. The molecule has 4 nitrogen and oxygen atoms in total. The Labute approximate surface area is 176 Å². The number of carbonyl (C=O) groups excluding carboxylic acids is 2. The van der Waals surface area contributed by atoms with Crippen molar-refractivity contribution in [2.24, 2.45) is 0 Å². The zero-order valence-electron chi connectivity index (χ0n) is 16.0. The highest BCUT2D eigenvalue weighted by molar-refractivity contribution is 8.00. The van der Waals surface area contributed by atoms with E-state index in [-0.39, 0.29) is 17.3 Å². The molecular weight excluding hydrogens is 425 g/mol. The second-order valence-corrected chi connectivity index (χ2v) is 8.25. The standard InChI is InChI=1S/C20H20ClF3N2O2S/c1-11-5-4-6-12(2)18(11)26-17(27)10-25-19(28)13(3)29-14-7-8-16(21)15(9-14)20(22,23)24/h4-9,13H,10H2,1-3H3,(H,25,28)(H,26,27). The summed E-state index contributed by atoms with van der Waals surface area (Å²) in [5.74, 6) is -0.853. The number of hydrogen-bond acceptors (Lipinski definition) is 3. The molecule has 0 aliphatic carbocycles. The highest BCUT2D eigenvalue weighted by Gasteiger charge is 2.33. The number of benzene rings is 2. The van der Waals surface area contributed by atoms with Gasteiger partial charge in [-0.3, -0.25) is 9.59 Å². The fraction of sp³-hybridized carbons (Fsp3) is 0.300. The molecule has 2 N–H and O–H groups in total. The fourth-order valence-corrected chi connectivity index (χ4v) is 3.71. The van der Waals surface area contributed by atoms with Gasteiger partial charge in [-0.1, -0.05) is 29.8 Å². The van der Waals surface area contributed by atoms with Crippen LogP contribution < -0.4 is 10.6 Å². The third kappa shape index (κ3) is 6.40. The summed E-state index contributed by atoms with van der Waals surface area (Å²) in [6.45, 7) is 5.03. The molecule has 2 aromatic rings. The van der Waals surface area contributed by atoms with Crippen LogP contribution >= 0.6 is 23.4 Å². The maximum absolute atomic E-state index is 13.0. The Hall–Kier alpha value is -2.19. The number of hydrogen-bond donors (Lipinski definition) is 2. The van der Waals surface area contributed by atoms with Crippen molar-refractivity contribution in [3.8, 4) is 0 Å². The predicted octanol–water partition coefficient (Wildman–Crippen LogP) is 5.21. The van der Waals surface area contributed by atoms with Crippen molar-refractivity contribution in [1.82, 2.24) is 5.32 Å². The normalized spacial score (nSPS) is 12.4. The zero-order chi connectivity index (χ0) is 21.8.